The number of piperazine rings is 1. The number of benzene rings is 2. The Hall–Kier alpha value is -3.97. The summed E-state index contributed by atoms with van der Waals surface area (Å²) in [7, 11) is 0. The van der Waals surface area contributed by atoms with E-state index >= 15 is 0 Å². The van der Waals surface area contributed by atoms with Gasteiger partial charge in [-0.15, -0.1) is 0 Å². The van der Waals surface area contributed by atoms with Crippen LogP contribution in [-0.2, 0) is 4.79 Å². The molecule has 0 unspecified atom stereocenters. The maximum atomic E-state index is 12.9. The van der Waals surface area contributed by atoms with E-state index < -0.39 is 0 Å². The molecule has 0 atom stereocenters. The van der Waals surface area contributed by atoms with Crippen LogP contribution in [0.15, 0.2) is 91.1 Å². The van der Waals surface area contributed by atoms with Gasteiger partial charge in [0.25, 0.3) is 0 Å². The van der Waals surface area contributed by atoms with Crippen LogP contribution in [0.4, 0.5) is 11.6 Å². The summed E-state index contributed by atoms with van der Waals surface area (Å²) in [5.41, 5.74) is 2.73. The van der Waals surface area contributed by atoms with Crippen molar-refractivity contribution in [3.63, 3.8) is 0 Å². The highest BCUT2D eigenvalue weighted by Gasteiger charge is 2.21. The Morgan fingerprint density at radius 1 is 0.848 bits per heavy atom. The zero-order chi connectivity index (χ0) is 22.5. The number of hydrogen-bond acceptors (Lipinski definition) is 5. The van der Waals surface area contributed by atoms with Crippen LogP contribution in [0.3, 0.4) is 0 Å². The van der Waals surface area contributed by atoms with Gasteiger partial charge in [0, 0.05) is 44.0 Å². The number of anilines is 2. The molecule has 0 radical (unpaired) electrons. The van der Waals surface area contributed by atoms with Crippen molar-refractivity contribution in [2.24, 2.45) is 0 Å². The molecule has 0 spiro atoms. The van der Waals surface area contributed by atoms with Crippen LogP contribution >= 0.6 is 0 Å². The fraction of sp³-hybridized carbons (Fsp3) is 0.192. The van der Waals surface area contributed by atoms with Crippen molar-refractivity contribution in [1.29, 1.82) is 0 Å². The quantitative estimate of drug-likeness (QED) is 0.497. The molecule has 1 fully saturated rings. The van der Waals surface area contributed by atoms with E-state index in [2.05, 4.69) is 20.1 Å². The van der Waals surface area contributed by atoms with Crippen molar-refractivity contribution >= 4 is 17.5 Å². The van der Waals surface area contributed by atoms with Crippen LogP contribution in [0.25, 0.3) is 16.9 Å². The number of rotatable bonds is 6. The summed E-state index contributed by atoms with van der Waals surface area (Å²) in [4.78, 5) is 21.8. The van der Waals surface area contributed by atoms with Crippen LogP contribution in [0.5, 0.6) is 0 Å². The first kappa shape index (κ1) is 20.9. The molecule has 1 aliphatic heterocycles. The fourth-order valence-corrected chi connectivity index (χ4v) is 4.05. The first-order valence-corrected chi connectivity index (χ1v) is 11.2. The molecule has 7 heteroatoms. The minimum Gasteiger partial charge on any atom is -0.354 e. The first-order valence-electron chi connectivity index (χ1n) is 11.2. The number of carbonyl (C=O) groups excluding carboxylic acids is 1. The Kier molecular flexibility index (Phi) is 6.12. The Morgan fingerprint density at radius 2 is 1.55 bits per heavy atom. The van der Waals surface area contributed by atoms with Crippen LogP contribution in [0, 0.1) is 0 Å². The third-order valence-corrected chi connectivity index (χ3v) is 5.76. The van der Waals surface area contributed by atoms with Crippen LogP contribution < -0.4 is 10.2 Å². The number of nitrogens with zero attached hydrogens (tertiary/aromatic N) is 5. The highest BCUT2D eigenvalue weighted by atomic mass is 16.2. The van der Waals surface area contributed by atoms with Gasteiger partial charge in [0.05, 0.1) is 17.9 Å². The lowest BCUT2D eigenvalue weighted by Gasteiger charge is -2.34. The van der Waals surface area contributed by atoms with Crippen molar-refractivity contribution in [3.05, 3.63) is 91.1 Å². The molecule has 33 heavy (non-hydrogen) atoms. The zero-order valence-corrected chi connectivity index (χ0v) is 18.3. The molecule has 1 aliphatic rings. The minimum atomic E-state index is -0.0435. The summed E-state index contributed by atoms with van der Waals surface area (Å²) in [6.45, 7) is 3.68. The molecule has 4 aromatic rings. The normalized spacial score (nSPS) is 14.2. The lowest BCUT2D eigenvalue weighted by atomic mass is 10.1. The van der Waals surface area contributed by atoms with Crippen molar-refractivity contribution in [2.45, 2.75) is 0 Å². The van der Waals surface area contributed by atoms with Gasteiger partial charge in [-0.1, -0.05) is 54.6 Å². The highest BCUT2D eigenvalue weighted by Crippen LogP contribution is 2.24. The number of carbonyl (C=O) groups is 1. The first-order chi connectivity index (χ1) is 16.3. The van der Waals surface area contributed by atoms with E-state index in [0.29, 0.717) is 12.4 Å². The van der Waals surface area contributed by atoms with E-state index in [0.717, 1.165) is 48.9 Å². The molecule has 5 rings (SSSR count). The van der Waals surface area contributed by atoms with Gasteiger partial charge in [0.2, 0.25) is 5.91 Å². The van der Waals surface area contributed by atoms with Gasteiger partial charge in [-0.05, 0) is 24.3 Å². The Bertz CT molecular complexity index is 1190. The van der Waals surface area contributed by atoms with Gasteiger partial charge in [0.1, 0.15) is 11.6 Å². The van der Waals surface area contributed by atoms with Gasteiger partial charge in [-0.25, -0.2) is 9.67 Å². The number of amides is 1. The summed E-state index contributed by atoms with van der Waals surface area (Å²) in [6.07, 6.45) is 1.81. The molecule has 0 aliphatic carbocycles. The molecule has 166 valence electrons. The third-order valence-electron chi connectivity index (χ3n) is 5.76. The lowest BCUT2D eigenvalue weighted by molar-refractivity contribution is -0.117. The highest BCUT2D eigenvalue weighted by molar-refractivity contribution is 5.92. The summed E-state index contributed by atoms with van der Waals surface area (Å²) < 4.78 is 1.79. The summed E-state index contributed by atoms with van der Waals surface area (Å²) in [6, 6.07) is 27.7. The Labute approximate surface area is 193 Å². The molecule has 2 aromatic heterocycles. The van der Waals surface area contributed by atoms with Gasteiger partial charge in [0.15, 0.2) is 0 Å². The van der Waals surface area contributed by atoms with Gasteiger partial charge in [-0.2, -0.15) is 5.10 Å². The topological polar surface area (TPSA) is 66.3 Å². The van der Waals surface area contributed by atoms with Crippen LogP contribution in [0.1, 0.15) is 0 Å². The second-order valence-electron chi connectivity index (χ2n) is 8.03. The largest absolute Gasteiger partial charge is 0.354 e. The monoisotopic (exact) mass is 438 g/mol. The molecule has 3 heterocycles. The van der Waals surface area contributed by atoms with Gasteiger partial charge in [-0.3, -0.25) is 9.69 Å². The second kappa shape index (κ2) is 9.67. The Balaban J connectivity index is 1.28. The van der Waals surface area contributed by atoms with Crippen molar-refractivity contribution in [1.82, 2.24) is 19.7 Å². The molecular weight excluding hydrogens is 412 g/mol. The van der Waals surface area contributed by atoms with Crippen LogP contribution in [-0.4, -0.2) is 58.3 Å². The van der Waals surface area contributed by atoms with E-state index in [-0.39, 0.29) is 5.91 Å². The maximum Gasteiger partial charge on any atom is 0.239 e. The van der Waals surface area contributed by atoms with E-state index in [4.69, 9.17) is 5.10 Å². The number of aromatic nitrogens is 3. The number of nitrogens with one attached hydrogen (secondary N) is 1. The third kappa shape index (κ3) is 4.94. The fourth-order valence-electron chi connectivity index (χ4n) is 4.05. The standard InChI is InChI=1S/C26H26N6O/c33-26(20-30-15-17-31(18-16-30)24-13-7-8-14-27-24)28-25-19-23(21-9-3-1-4-10-21)29-32(25)22-11-5-2-6-12-22/h1-14,19H,15-18,20H2,(H,28,33). The molecule has 1 amide bonds. The average molecular weight is 439 g/mol. The smallest absolute Gasteiger partial charge is 0.239 e. The summed E-state index contributed by atoms with van der Waals surface area (Å²) in [5.74, 6) is 1.61. The molecule has 0 saturated carbocycles. The number of hydrogen-bond donors (Lipinski definition) is 1. The minimum absolute atomic E-state index is 0.0435. The Morgan fingerprint density at radius 3 is 2.24 bits per heavy atom. The number of pyridine rings is 1. The molecule has 2 aromatic carbocycles. The van der Waals surface area contributed by atoms with E-state index in [1.807, 2.05) is 91.1 Å². The predicted octanol–water partition coefficient (Wildman–Crippen LogP) is 3.70. The molecule has 0 bridgehead atoms. The molecule has 7 nitrogen and oxygen atoms in total. The van der Waals surface area contributed by atoms with Crippen molar-refractivity contribution in [3.8, 4) is 16.9 Å². The average Bonchev–Trinajstić information content (AvgIpc) is 3.30. The number of para-hydroxylation sites is 1. The van der Waals surface area contributed by atoms with Gasteiger partial charge >= 0.3 is 0 Å². The summed E-state index contributed by atoms with van der Waals surface area (Å²) >= 11 is 0. The predicted molar refractivity (Wildman–Crippen MR) is 131 cm³/mol. The van der Waals surface area contributed by atoms with Gasteiger partial charge < -0.3 is 10.2 Å². The molecular formula is C26H26N6O. The lowest BCUT2D eigenvalue weighted by Crippen LogP contribution is -2.49. The zero-order valence-electron chi connectivity index (χ0n) is 18.3. The summed E-state index contributed by atoms with van der Waals surface area (Å²) in [5, 5.41) is 7.85. The van der Waals surface area contributed by atoms with E-state index in [1.54, 1.807) is 4.68 Å². The van der Waals surface area contributed by atoms with Crippen LogP contribution in [0.2, 0.25) is 0 Å². The molecule has 1 N–H and O–H groups in total. The van der Waals surface area contributed by atoms with Crippen molar-refractivity contribution in [2.75, 3.05) is 42.9 Å². The van der Waals surface area contributed by atoms with Crippen molar-refractivity contribution < 1.29 is 4.79 Å². The maximum absolute atomic E-state index is 12.9. The SMILES string of the molecule is O=C(CN1CCN(c2ccccn2)CC1)Nc1cc(-c2ccccc2)nn1-c1ccccc1. The second-order valence-corrected chi connectivity index (χ2v) is 8.03. The van der Waals surface area contributed by atoms with E-state index in [9.17, 15) is 4.79 Å². The van der Waals surface area contributed by atoms with E-state index in [1.165, 1.54) is 0 Å². The molecule has 1 saturated heterocycles.